The predicted octanol–water partition coefficient (Wildman–Crippen LogP) is 2.80. The van der Waals surface area contributed by atoms with Gasteiger partial charge in [0.25, 0.3) is 10.0 Å². The Kier molecular flexibility index (Phi) is 6.62. The summed E-state index contributed by atoms with van der Waals surface area (Å²) < 4.78 is 31.2. The number of nitrogens with one attached hydrogen (secondary N) is 1. The lowest BCUT2D eigenvalue weighted by molar-refractivity contribution is 0.444. The maximum Gasteiger partial charge on any atom is 0.274 e. The highest BCUT2D eigenvalue weighted by atomic mass is 35.5. The van der Waals surface area contributed by atoms with Gasteiger partial charge in [-0.05, 0) is 29.2 Å². The lowest BCUT2D eigenvalue weighted by atomic mass is 9.99. The predicted molar refractivity (Wildman–Crippen MR) is 88.6 cm³/mol. The summed E-state index contributed by atoms with van der Waals surface area (Å²) >= 11 is 0. The fourth-order valence-corrected chi connectivity index (χ4v) is 2.91. The second kappa shape index (κ2) is 7.78. The van der Waals surface area contributed by atoms with E-state index in [0.29, 0.717) is 5.92 Å². The molecular formula is C15H21ClN2O3S. The molecule has 5 nitrogen and oxygen atoms in total. The molecule has 0 saturated carbocycles. The highest BCUT2D eigenvalue weighted by Gasteiger charge is 2.18. The van der Waals surface area contributed by atoms with E-state index in [9.17, 15) is 8.42 Å². The number of nitrogens with two attached hydrogens (primary N) is 1. The zero-order valence-electron chi connectivity index (χ0n) is 12.5. The van der Waals surface area contributed by atoms with Crippen molar-refractivity contribution in [3.63, 3.8) is 0 Å². The second-order valence-corrected chi connectivity index (χ2v) is 6.91. The van der Waals surface area contributed by atoms with Crippen molar-refractivity contribution in [3.05, 3.63) is 53.8 Å². The monoisotopic (exact) mass is 344 g/mol. The van der Waals surface area contributed by atoms with E-state index in [-0.39, 0.29) is 24.0 Å². The number of benzene rings is 1. The first-order valence-corrected chi connectivity index (χ1v) is 8.27. The lowest BCUT2D eigenvalue weighted by Crippen LogP contribution is -2.31. The Morgan fingerprint density at radius 3 is 2.23 bits per heavy atom. The largest absolute Gasteiger partial charge is 0.452 e. The van der Waals surface area contributed by atoms with Crippen molar-refractivity contribution in [3.8, 4) is 0 Å². The number of furan rings is 1. The van der Waals surface area contributed by atoms with E-state index >= 15 is 0 Å². The Bertz CT molecular complexity index is 667. The molecule has 1 aromatic carbocycles. The van der Waals surface area contributed by atoms with Gasteiger partial charge in [0.2, 0.25) is 5.09 Å². The molecule has 0 spiro atoms. The smallest absolute Gasteiger partial charge is 0.274 e. The first-order chi connectivity index (χ1) is 9.90. The summed E-state index contributed by atoms with van der Waals surface area (Å²) in [6.07, 6.45) is 1.32. The van der Waals surface area contributed by atoms with Crippen LogP contribution in [0.2, 0.25) is 0 Å². The van der Waals surface area contributed by atoms with Gasteiger partial charge >= 0.3 is 0 Å². The third kappa shape index (κ3) is 4.58. The molecule has 0 bridgehead atoms. The minimum atomic E-state index is -3.64. The average molecular weight is 345 g/mol. The third-order valence-corrected chi connectivity index (χ3v) is 4.59. The van der Waals surface area contributed by atoms with Crippen molar-refractivity contribution in [1.29, 1.82) is 0 Å². The summed E-state index contributed by atoms with van der Waals surface area (Å²) in [5, 5.41) is -0.107. The van der Waals surface area contributed by atoms with Crippen LogP contribution in [0.5, 0.6) is 0 Å². The number of hydrogen-bond acceptors (Lipinski definition) is 4. The van der Waals surface area contributed by atoms with Gasteiger partial charge in [0, 0.05) is 12.6 Å². The fraction of sp³-hybridized carbons (Fsp3) is 0.333. The van der Waals surface area contributed by atoms with Crippen LogP contribution in [0.4, 0.5) is 0 Å². The Hall–Kier alpha value is -1.34. The van der Waals surface area contributed by atoms with Gasteiger partial charge in [-0.2, -0.15) is 0 Å². The van der Waals surface area contributed by atoms with Crippen molar-refractivity contribution in [2.45, 2.75) is 30.9 Å². The molecule has 0 aliphatic carbocycles. The first-order valence-electron chi connectivity index (χ1n) is 6.79. The minimum absolute atomic E-state index is 0. The van der Waals surface area contributed by atoms with Gasteiger partial charge in [-0.25, -0.2) is 13.1 Å². The number of hydrogen-bond donors (Lipinski definition) is 2. The van der Waals surface area contributed by atoms with Gasteiger partial charge in [-0.15, -0.1) is 12.4 Å². The highest BCUT2D eigenvalue weighted by molar-refractivity contribution is 7.89. The molecule has 0 radical (unpaired) electrons. The fourth-order valence-electron chi connectivity index (χ4n) is 1.93. The van der Waals surface area contributed by atoms with Crippen LogP contribution < -0.4 is 10.5 Å². The zero-order valence-corrected chi connectivity index (χ0v) is 14.2. The number of halogens is 1. The summed E-state index contributed by atoms with van der Waals surface area (Å²) in [4.78, 5) is 0. The standard InChI is InChI=1S/C15H20N2O3S.ClH/c1-11(2)12-5-7-13(8-6-12)14(16)10-17-21(18,19)15-4-3-9-20-15;/h3-9,11,14,17H,10,16H2,1-2H3;1H. The molecule has 0 saturated heterocycles. The SMILES string of the molecule is CC(C)c1ccc(C(N)CNS(=O)(=O)c2ccco2)cc1.Cl. The van der Waals surface area contributed by atoms with E-state index in [0.717, 1.165) is 5.56 Å². The van der Waals surface area contributed by atoms with Crippen molar-refractivity contribution in [1.82, 2.24) is 4.72 Å². The normalized spacial score (nSPS) is 12.9. The molecule has 1 aromatic heterocycles. The van der Waals surface area contributed by atoms with Crippen molar-refractivity contribution in [2.24, 2.45) is 5.73 Å². The van der Waals surface area contributed by atoms with Crippen LogP contribution in [0.3, 0.4) is 0 Å². The van der Waals surface area contributed by atoms with Crippen LogP contribution in [-0.4, -0.2) is 15.0 Å². The second-order valence-electron chi connectivity index (χ2n) is 5.21. The molecule has 0 aliphatic heterocycles. The van der Waals surface area contributed by atoms with E-state index in [4.69, 9.17) is 10.2 Å². The maximum absolute atomic E-state index is 11.9. The molecule has 1 atom stereocenters. The molecule has 0 amide bonds. The molecule has 2 rings (SSSR count). The van der Waals surface area contributed by atoms with E-state index in [1.54, 1.807) is 0 Å². The van der Waals surface area contributed by atoms with Crippen molar-refractivity contribution < 1.29 is 12.8 Å². The highest BCUT2D eigenvalue weighted by Crippen LogP contribution is 2.18. The minimum Gasteiger partial charge on any atom is -0.452 e. The van der Waals surface area contributed by atoms with Gasteiger partial charge in [0.1, 0.15) is 0 Å². The Morgan fingerprint density at radius 2 is 1.73 bits per heavy atom. The van der Waals surface area contributed by atoms with E-state index < -0.39 is 16.1 Å². The van der Waals surface area contributed by atoms with Gasteiger partial charge in [0.05, 0.1) is 6.26 Å². The molecule has 0 aliphatic rings. The molecule has 22 heavy (non-hydrogen) atoms. The maximum atomic E-state index is 11.9. The Balaban J connectivity index is 0.00000242. The Morgan fingerprint density at radius 1 is 1.14 bits per heavy atom. The summed E-state index contributed by atoms with van der Waals surface area (Å²) in [7, 11) is -3.64. The van der Waals surface area contributed by atoms with E-state index in [1.807, 2.05) is 24.3 Å². The summed E-state index contributed by atoms with van der Waals surface area (Å²) in [5.74, 6) is 0.452. The molecule has 122 valence electrons. The zero-order chi connectivity index (χ0) is 15.5. The van der Waals surface area contributed by atoms with E-state index in [1.165, 1.54) is 24.0 Å². The lowest BCUT2D eigenvalue weighted by Gasteiger charge is -2.14. The summed E-state index contributed by atoms with van der Waals surface area (Å²) in [6, 6.07) is 10.4. The van der Waals surface area contributed by atoms with Crippen molar-refractivity contribution in [2.75, 3.05) is 6.54 Å². The van der Waals surface area contributed by atoms with Gasteiger partial charge in [0.15, 0.2) is 0 Å². The molecule has 1 heterocycles. The third-order valence-electron chi connectivity index (χ3n) is 3.28. The van der Waals surface area contributed by atoms with Gasteiger partial charge in [-0.1, -0.05) is 38.1 Å². The van der Waals surface area contributed by atoms with Crippen LogP contribution in [0.25, 0.3) is 0 Å². The van der Waals surface area contributed by atoms with Crippen molar-refractivity contribution >= 4 is 22.4 Å². The van der Waals surface area contributed by atoms with Crippen LogP contribution in [-0.2, 0) is 10.0 Å². The van der Waals surface area contributed by atoms with Crippen LogP contribution in [0.15, 0.2) is 52.2 Å². The molecule has 1 unspecified atom stereocenters. The quantitative estimate of drug-likeness (QED) is 0.843. The molecular weight excluding hydrogens is 324 g/mol. The van der Waals surface area contributed by atoms with Gasteiger partial charge in [-0.3, -0.25) is 0 Å². The number of rotatable bonds is 6. The first kappa shape index (κ1) is 18.7. The molecule has 2 aromatic rings. The van der Waals surface area contributed by atoms with Crippen LogP contribution in [0.1, 0.15) is 36.9 Å². The summed E-state index contributed by atoms with van der Waals surface area (Å²) in [5.41, 5.74) is 8.14. The average Bonchev–Trinajstić information content (AvgIpc) is 3.00. The molecule has 7 heteroatoms. The molecule has 3 N–H and O–H groups in total. The Labute approximate surface area is 137 Å². The van der Waals surface area contributed by atoms with Crippen LogP contribution in [0, 0.1) is 0 Å². The number of sulfonamides is 1. The summed E-state index contributed by atoms with van der Waals surface area (Å²) in [6.45, 7) is 4.35. The van der Waals surface area contributed by atoms with Gasteiger partial charge < -0.3 is 10.2 Å². The molecule has 0 fully saturated rings. The van der Waals surface area contributed by atoms with Crippen LogP contribution >= 0.6 is 12.4 Å². The topological polar surface area (TPSA) is 85.3 Å². The van der Waals surface area contributed by atoms with E-state index in [2.05, 4.69) is 18.6 Å².